The van der Waals surface area contributed by atoms with Gasteiger partial charge in [-0.05, 0) is 24.6 Å². The molecule has 0 bridgehead atoms. The molecule has 1 aliphatic rings. The predicted octanol–water partition coefficient (Wildman–Crippen LogP) is 1.86. The molecule has 1 aromatic carbocycles. The van der Waals surface area contributed by atoms with Gasteiger partial charge >= 0.3 is 5.97 Å². The van der Waals surface area contributed by atoms with Crippen LogP contribution in [0.3, 0.4) is 0 Å². The molecular formula is C16H19ClN2O5. The van der Waals surface area contributed by atoms with Gasteiger partial charge in [-0.2, -0.15) is 0 Å². The van der Waals surface area contributed by atoms with Crippen LogP contribution >= 0.6 is 11.6 Å². The van der Waals surface area contributed by atoms with E-state index in [0.717, 1.165) is 0 Å². The molecule has 1 heterocycles. The van der Waals surface area contributed by atoms with Crippen molar-refractivity contribution < 1.29 is 24.2 Å². The highest BCUT2D eigenvalue weighted by Gasteiger charge is 2.46. The summed E-state index contributed by atoms with van der Waals surface area (Å²) in [6.07, 6.45) is 0.310. The van der Waals surface area contributed by atoms with Crippen LogP contribution in [0.25, 0.3) is 0 Å². The molecule has 1 aromatic rings. The van der Waals surface area contributed by atoms with Gasteiger partial charge in [-0.1, -0.05) is 11.6 Å². The van der Waals surface area contributed by atoms with Crippen molar-refractivity contribution in [1.82, 2.24) is 4.90 Å². The van der Waals surface area contributed by atoms with Gasteiger partial charge in [0.15, 0.2) is 0 Å². The topological polar surface area (TPSA) is 95.9 Å². The summed E-state index contributed by atoms with van der Waals surface area (Å²) in [4.78, 5) is 36.9. The van der Waals surface area contributed by atoms with Gasteiger partial charge in [0.25, 0.3) is 5.91 Å². The molecule has 2 amide bonds. The Balaban J connectivity index is 2.23. The van der Waals surface area contributed by atoms with Gasteiger partial charge in [0.2, 0.25) is 5.91 Å². The quantitative estimate of drug-likeness (QED) is 0.841. The number of hydrogen-bond donors (Lipinski definition) is 2. The molecule has 1 aliphatic heterocycles. The first-order valence-corrected chi connectivity index (χ1v) is 7.75. The number of ether oxygens (including phenoxy) is 1. The Bertz CT molecular complexity index is 678. The number of benzene rings is 1. The van der Waals surface area contributed by atoms with E-state index in [4.69, 9.17) is 16.3 Å². The molecule has 130 valence electrons. The maximum absolute atomic E-state index is 12.7. The molecule has 7 nitrogen and oxygen atoms in total. The van der Waals surface area contributed by atoms with E-state index >= 15 is 0 Å². The van der Waals surface area contributed by atoms with Gasteiger partial charge in [0.1, 0.15) is 5.41 Å². The summed E-state index contributed by atoms with van der Waals surface area (Å²) in [7, 11) is 1.43. The SMILES string of the molecule is COCC1(C(=O)O)CCN(C(=O)c2cc(NC(C)=O)ccc2Cl)C1. The molecule has 8 heteroatoms. The van der Waals surface area contributed by atoms with E-state index in [1.807, 2.05) is 0 Å². The van der Waals surface area contributed by atoms with E-state index in [-0.39, 0.29) is 35.6 Å². The molecule has 0 spiro atoms. The number of aliphatic carboxylic acids is 1. The summed E-state index contributed by atoms with van der Waals surface area (Å²) >= 11 is 6.10. The number of likely N-dealkylation sites (tertiary alicyclic amines) is 1. The lowest BCUT2D eigenvalue weighted by Gasteiger charge is -2.24. The number of methoxy groups -OCH3 is 1. The highest BCUT2D eigenvalue weighted by molar-refractivity contribution is 6.34. The molecule has 0 radical (unpaired) electrons. The Morgan fingerprint density at radius 2 is 2.12 bits per heavy atom. The zero-order valence-electron chi connectivity index (χ0n) is 13.5. The van der Waals surface area contributed by atoms with Crippen LogP contribution in [-0.2, 0) is 14.3 Å². The molecule has 2 rings (SSSR count). The molecule has 0 saturated carbocycles. The number of nitrogens with zero attached hydrogens (tertiary/aromatic N) is 1. The molecule has 0 aliphatic carbocycles. The van der Waals surface area contributed by atoms with Crippen LogP contribution in [0.15, 0.2) is 18.2 Å². The van der Waals surface area contributed by atoms with Gasteiger partial charge in [-0.15, -0.1) is 0 Å². The smallest absolute Gasteiger partial charge is 0.313 e. The summed E-state index contributed by atoms with van der Waals surface area (Å²) in [5.74, 6) is -1.62. The van der Waals surface area contributed by atoms with Gasteiger partial charge in [0, 0.05) is 32.8 Å². The highest BCUT2D eigenvalue weighted by atomic mass is 35.5. The number of halogens is 1. The van der Waals surface area contributed by atoms with Crippen molar-refractivity contribution in [2.24, 2.45) is 5.41 Å². The minimum Gasteiger partial charge on any atom is -0.481 e. The number of carboxylic acid groups (broad SMARTS) is 1. The van der Waals surface area contributed by atoms with E-state index in [2.05, 4.69) is 5.32 Å². The normalized spacial score (nSPS) is 20.0. The first-order chi connectivity index (χ1) is 11.3. The fraction of sp³-hybridized carbons (Fsp3) is 0.438. The third-order valence-corrected chi connectivity index (χ3v) is 4.36. The number of carbonyl (C=O) groups excluding carboxylic acids is 2. The number of hydrogen-bond acceptors (Lipinski definition) is 4. The average molecular weight is 355 g/mol. The fourth-order valence-corrected chi connectivity index (χ4v) is 3.02. The Labute approximate surface area is 144 Å². The number of anilines is 1. The van der Waals surface area contributed by atoms with Crippen LogP contribution in [0.5, 0.6) is 0 Å². The van der Waals surface area contributed by atoms with Crippen molar-refractivity contribution in [3.63, 3.8) is 0 Å². The second-order valence-corrected chi connectivity index (χ2v) is 6.28. The lowest BCUT2D eigenvalue weighted by atomic mass is 9.88. The number of nitrogens with one attached hydrogen (secondary N) is 1. The number of amides is 2. The van der Waals surface area contributed by atoms with Gasteiger partial charge in [-0.25, -0.2) is 0 Å². The Morgan fingerprint density at radius 1 is 1.42 bits per heavy atom. The van der Waals surface area contributed by atoms with Crippen molar-refractivity contribution in [2.45, 2.75) is 13.3 Å². The summed E-state index contributed by atoms with van der Waals surface area (Å²) in [6, 6.07) is 4.61. The van der Waals surface area contributed by atoms with Crippen LogP contribution in [0, 0.1) is 5.41 Å². The number of rotatable bonds is 5. The average Bonchev–Trinajstić information content (AvgIpc) is 2.94. The van der Waals surface area contributed by atoms with Crippen LogP contribution in [0.4, 0.5) is 5.69 Å². The van der Waals surface area contributed by atoms with Crippen molar-refractivity contribution >= 4 is 35.1 Å². The third kappa shape index (κ3) is 3.68. The zero-order valence-corrected chi connectivity index (χ0v) is 14.2. The third-order valence-electron chi connectivity index (χ3n) is 4.03. The summed E-state index contributed by atoms with van der Waals surface area (Å²) in [5, 5.41) is 12.3. The second-order valence-electron chi connectivity index (χ2n) is 5.87. The van der Waals surface area contributed by atoms with Crippen molar-refractivity contribution in [2.75, 3.05) is 32.1 Å². The number of carbonyl (C=O) groups is 3. The predicted molar refractivity (Wildman–Crippen MR) is 88.2 cm³/mol. The first-order valence-electron chi connectivity index (χ1n) is 7.38. The van der Waals surface area contributed by atoms with Crippen LogP contribution in [-0.4, -0.2) is 54.6 Å². The number of carboxylic acids is 1. The molecule has 1 atom stereocenters. The van der Waals surface area contributed by atoms with E-state index in [9.17, 15) is 19.5 Å². The van der Waals surface area contributed by atoms with Crippen LogP contribution in [0.1, 0.15) is 23.7 Å². The standard InChI is InChI=1S/C16H19ClN2O5/c1-10(20)18-11-3-4-13(17)12(7-11)14(21)19-6-5-16(8-19,9-24-2)15(22)23/h3-4,7H,5-6,8-9H2,1-2H3,(H,18,20)(H,22,23). The Kier molecular flexibility index (Phi) is 5.46. The summed E-state index contributed by atoms with van der Waals surface area (Å²) in [5.41, 5.74) is -0.427. The monoisotopic (exact) mass is 354 g/mol. The minimum atomic E-state index is -1.11. The first kappa shape index (κ1) is 18.2. The molecule has 1 unspecified atom stereocenters. The van der Waals surface area contributed by atoms with Crippen molar-refractivity contribution in [3.05, 3.63) is 28.8 Å². The maximum atomic E-state index is 12.7. The molecule has 2 N–H and O–H groups in total. The largest absolute Gasteiger partial charge is 0.481 e. The molecule has 0 aromatic heterocycles. The Morgan fingerprint density at radius 3 is 2.71 bits per heavy atom. The maximum Gasteiger partial charge on any atom is 0.313 e. The molecule has 1 fully saturated rings. The fourth-order valence-electron chi connectivity index (χ4n) is 2.82. The summed E-state index contributed by atoms with van der Waals surface area (Å²) in [6.45, 7) is 1.75. The lowest BCUT2D eigenvalue weighted by Crippen LogP contribution is -2.40. The van der Waals surface area contributed by atoms with E-state index in [1.54, 1.807) is 6.07 Å². The van der Waals surface area contributed by atoms with E-state index < -0.39 is 11.4 Å². The van der Waals surface area contributed by atoms with Crippen molar-refractivity contribution in [1.29, 1.82) is 0 Å². The molecular weight excluding hydrogens is 336 g/mol. The lowest BCUT2D eigenvalue weighted by molar-refractivity contribution is -0.151. The zero-order chi connectivity index (χ0) is 17.9. The summed E-state index contributed by atoms with van der Waals surface area (Å²) < 4.78 is 5.02. The van der Waals surface area contributed by atoms with Gasteiger partial charge in [0.05, 0.1) is 17.2 Å². The molecule has 1 saturated heterocycles. The molecule has 24 heavy (non-hydrogen) atoms. The van der Waals surface area contributed by atoms with Crippen molar-refractivity contribution in [3.8, 4) is 0 Å². The minimum absolute atomic E-state index is 0.0335. The highest BCUT2D eigenvalue weighted by Crippen LogP contribution is 2.33. The van der Waals surface area contributed by atoms with E-state index in [1.165, 1.54) is 31.1 Å². The Hall–Kier alpha value is -2.12. The van der Waals surface area contributed by atoms with Gasteiger partial charge in [-0.3, -0.25) is 14.4 Å². The van der Waals surface area contributed by atoms with E-state index in [0.29, 0.717) is 18.7 Å². The van der Waals surface area contributed by atoms with Gasteiger partial charge < -0.3 is 20.1 Å². The van der Waals surface area contributed by atoms with Crippen LogP contribution in [0.2, 0.25) is 5.02 Å². The second kappa shape index (κ2) is 7.19. The van der Waals surface area contributed by atoms with Crippen LogP contribution < -0.4 is 5.32 Å².